The molecule has 0 radical (unpaired) electrons. The van der Waals surface area contributed by atoms with E-state index in [4.69, 9.17) is 9.72 Å². The van der Waals surface area contributed by atoms with Gasteiger partial charge in [0.2, 0.25) is 5.88 Å². The zero-order valence-electron chi connectivity index (χ0n) is 22.3. The Morgan fingerprint density at radius 2 is 1.68 bits per heavy atom. The number of nitro benzene ring substituents is 1. The SMILES string of the molecule is O=[N+]([O-])c1ccc(NC2CCC(Oc3cccc(N4CCN(Cc5ccc(F)cc5)CC4)n3)CC2)cc1C(F)(F)F. The molecule has 0 spiro atoms. The smallest absolute Gasteiger partial charge is 0.423 e. The van der Waals surface area contributed by atoms with Crippen LogP contribution < -0.4 is 15.0 Å². The third kappa shape index (κ3) is 7.43. The first-order valence-electron chi connectivity index (χ1n) is 13.6. The van der Waals surface area contributed by atoms with E-state index in [0.717, 1.165) is 56.2 Å². The zero-order chi connectivity index (χ0) is 29.0. The number of benzene rings is 2. The van der Waals surface area contributed by atoms with Crippen molar-refractivity contribution < 1.29 is 27.2 Å². The highest BCUT2D eigenvalue weighted by Crippen LogP contribution is 2.38. The van der Waals surface area contributed by atoms with Crippen molar-refractivity contribution in [3.63, 3.8) is 0 Å². The maximum atomic E-state index is 13.3. The van der Waals surface area contributed by atoms with Crippen molar-refractivity contribution in [3.05, 3.63) is 87.7 Å². The molecule has 2 fully saturated rings. The van der Waals surface area contributed by atoms with Crippen LogP contribution in [0.5, 0.6) is 5.88 Å². The van der Waals surface area contributed by atoms with Gasteiger partial charge in [0.1, 0.15) is 23.3 Å². The lowest BCUT2D eigenvalue weighted by atomic mass is 9.92. The Balaban J connectivity index is 1.10. The number of pyridine rings is 1. The molecule has 0 atom stereocenters. The van der Waals surface area contributed by atoms with Gasteiger partial charge in [0.15, 0.2) is 0 Å². The second kappa shape index (κ2) is 12.3. The highest BCUT2D eigenvalue weighted by Gasteiger charge is 2.38. The van der Waals surface area contributed by atoms with Crippen LogP contribution in [0.25, 0.3) is 0 Å². The summed E-state index contributed by atoms with van der Waals surface area (Å²) in [5.74, 6) is 1.15. The number of ether oxygens (including phenoxy) is 1. The van der Waals surface area contributed by atoms with Crippen molar-refractivity contribution in [1.82, 2.24) is 9.88 Å². The molecule has 41 heavy (non-hydrogen) atoms. The minimum Gasteiger partial charge on any atom is -0.474 e. The summed E-state index contributed by atoms with van der Waals surface area (Å²) < 4.78 is 59.3. The van der Waals surface area contributed by atoms with Crippen molar-refractivity contribution in [2.24, 2.45) is 0 Å². The Morgan fingerprint density at radius 1 is 0.976 bits per heavy atom. The number of hydrogen-bond acceptors (Lipinski definition) is 7. The van der Waals surface area contributed by atoms with Gasteiger partial charge in [0.05, 0.1) is 4.92 Å². The molecule has 1 aromatic heterocycles. The Morgan fingerprint density at radius 3 is 2.34 bits per heavy atom. The van der Waals surface area contributed by atoms with Crippen molar-refractivity contribution in [1.29, 1.82) is 0 Å². The van der Waals surface area contributed by atoms with Gasteiger partial charge in [-0.15, -0.1) is 0 Å². The van der Waals surface area contributed by atoms with Gasteiger partial charge in [-0.25, -0.2) is 4.39 Å². The number of rotatable bonds is 8. The van der Waals surface area contributed by atoms with Gasteiger partial charge in [-0.1, -0.05) is 18.2 Å². The fraction of sp³-hybridized carbons (Fsp3) is 0.414. The molecule has 1 saturated heterocycles. The number of alkyl halides is 3. The molecule has 2 aromatic carbocycles. The van der Waals surface area contributed by atoms with Crippen LogP contribution in [0, 0.1) is 15.9 Å². The third-order valence-electron chi connectivity index (χ3n) is 7.56. The summed E-state index contributed by atoms with van der Waals surface area (Å²) in [5, 5.41) is 14.1. The highest BCUT2D eigenvalue weighted by atomic mass is 19.4. The first kappa shape index (κ1) is 28.6. The molecule has 0 amide bonds. The first-order chi connectivity index (χ1) is 19.6. The largest absolute Gasteiger partial charge is 0.474 e. The second-order valence-corrected chi connectivity index (χ2v) is 10.4. The van der Waals surface area contributed by atoms with E-state index < -0.39 is 22.4 Å². The number of nitro groups is 1. The number of anilines is 2. The monoisotopic (exact) mass is 573 g/mol. The minimum absolute atomic E-state index is 0.0639. The Labute approximate surface area is 235 Å². The van der Waals surface area contributed by atoms with Crippen LogP contribution in [0.4, 0.5) is 34.8 Å². The predicted octanol–water partition coefficient (Wildman–Crippen LogP) is 6.27. The minimum atomic E-state index is -4.81. The van der Waals surface area contributed by atoms with E-state index in [2.05, 4.69) is 15.1 Å². The van der Waals surface area contributed by atoms with Crippen molar-refractivity contribution in [2.45, 2.75) is 50.6 Å². The van der Waals surface area contributed by atoms with Gasteiger partial charge in [0, 0.05) is 56.6 Å². The fourth-order valence-electron chi connectivity index (χ4n) is 5.37. The van der Waals surface area contributed by atoms with Crippen molar-refractivity contribution >= 4 is 17.2 Å². The molecule has 8 nitrogen and oxygen atoms in total. The molecule has 3 aromatic rings. The summed E-state index contributed by atoms with van der Waals surface area (Å²) in [6.07, 6.45) is -2.12. The molecular formula is C29H31F4N5O3. The van der Waals surface area contributed by atoms with Gasteiger partial charge in [0.25, 0.3) is 5.69 Å². The topological polar surface area (TPSA) is 83.8 Å². The van der Waals surface area contributed by atoms with Gasteiger partial charge in [-0.3, -0.25) is 15.0 Å². The summed E-state index contributed by atoms with van der Waals surface area (Å²) in [4.78, 5) is 19.2. The van der Waals surface area contributed by atoms with Crippen LogP contribution in [-0.2, 0) is 12.7 Å². The van der Waals surface area contributed by atoms with E-state index in [9.17, 15) is 27.7 Å². The molecule has 0 unspecified atom stereocenters. The van der Waals surface area contributed by atoms with Gasteiger partial charge in [-0.05, 0) is 61.6 Å². The molecule has 218 valence electrons. The predicted molar refractivity (Wildman–Crippen MR) is 147 cm³/mol. The molecule has 1 aliphatic heterocycles. The van der Waals surface area contributed by atoms with E-state index in [0.29, 0.717) is 31.6 Å². The normalized spacial score (nSPS) is 20.0. The molecule has 12 heteroatoms. The van der Waals surface area contributed by atoms with Crippen LogP contribution in [0.15, 0.2) is 60.7 Å². The van der Waals surface area contributed by atoms with E-state index in [-0.39, 0.29) is 23.7 Å². The molecule has 0 bridgehead atoms. The van der Waals surface area contributed by atoms with Crippen LogP contribution in [0.3, 0.4) is 0 Å². The van der Waals surface area contributed by atoms with Crippen molar-refractivity contribution in [2.75, 3.05) is 36.4 Å². The van der Waals surface area contributed by atoms with Crippen LogP contribution in [0.2, 0.25) is 0 Å². The molecule has 2 heterocycles. The van der Waals surface area contributed by atoms with Gasteiger partial charge in [-0.2, -0.15) is 18.2 Å². The number of piperazine rings is 1. The molecule has 1 aliphatic carbocycles. The van der Waals surface area contributed by atoms with E-state index in [1.165, 1.54) is 18.2 Å². The van der Waals surface area contributed by atoms with Crippen molar-refractivity contribution in [3.8, 4) is 5.88 Å². The first-order valence-corrected chi connectivity index (χ1v) is 13.6. The number of nitrogens with zero attached hydrogens (tertiary/aromatic N) is 4. The van der Waals surface area contributed by atoms with Gasteiger partial charge < -0.3 is 15.0 Å². The number of aromatic nitrogens is 1. The van der Waals surface area contributed by atoms with E-state index in [1.807, 2.05) is 30.3 Å². The Hall–Kier alpha value is -3.93. The lowest BCUT2D eigenvalue weighted by Gasteiger charge is -2.35. The van der Waals surface area contributed by atoms with Crippen LogP contribution in [0.1, 0.15) is 36.8 Å². The quantitative estimate of drug-likeness (QED) is 0.193. The molecule has 5 rings (SSSR count). The van der Waals surface area contributed by atoms with Gasteiger partial charge >= 0.3 is 6.18 Å². The average Bonchev–Trinajstić information content (AvgIpc) is 2.95. The molecule has 1 N–H and O–H groups in total. The lowest BCUT2D eigenvalue weighted by molar-refractivity contribution is -0.388. The standard InChI is InChI=1S/C29H31F4N5O3/c30-21-6-4-20(5-7-21)19-36-14-16-37(17-15-36)27-2-1-3-28(35-27)41-24-11-8-22(9-12-24)34-23-10-13-26(38(39)40)25(18-23)29(31,32)33/h1-7,10,13,18,22,24,34H,8-9,11-12,14-17,19H2. The summed E-state index contributed by atoms with van der Waals surface area (Å²) in [5.41, 5.74) is -0.928. The van der Waals surface area contributed by atoms with Crippen LogP contribution >= 0.6 is 0 Å². The number of hydrogen-bond donors (Lipinski definition) is 1. The highest BCUT2D eigenvalue weighted by molar-refractivity contribution is 5.55. The Kier molecular flexibility index (Phi) is 8.57. The Bertz CT molecular complexity index is 1340. The zero-order valence-corrected chi connectivity index (χ0v) is 22.3. The maximum Gasteiger partial charge on any atom is 0.423 e. The summed E-state index contributed by atoms with van der Waals surface area (Å²) in [6, 6.07) is 15.2. The number of nitrogens with one attached hydrogen (secondary N) is 1. The molecule has 2 aliphatic rings. The van der Waals surface area contributed by atoms with Crippen LogP contribution in [-0.4, -0.2) is 53.1 Å². The summed E-state index contributed by atoms with van der Waals surface area (Å²) in [7, 11) is 0. The number of halogens is 4. The summed E-state index contributed by atoms with van der Waals surface area (Å²) >= 11 is 0. The lowest BCUT2D eigenvalue weighted by Crippen LogP contribution is -2.46. The third-order valence-corrected chi connectivity index (χ3v) is 7.56. The second-order valence-electron chi connectivity index (χ2n) is 10.4. The molecular weight excluding hydrogens is 542 g/mol. The van der Waals surface area contributed by atoms with E-state index in [1.54, 1.807) is 0 Å². The average molecular weight is 574 g/mol. The van der Waals surface area contributed by atoms with E-state index >= 15 is 0 Å². The molecule has 1 saturated carbocycles. The summed E-state index contributed by atoms with van der Waals surface area (Å²) in [6.45, 7) is 4.12. The fourth-order valence-corrected chi connectivity index (χ4v) is 5.37. The maximum absolute atomic E-state index is 13.3.